The highest BCUT2D eigenvalue weighted by atomic mass is 35.5. The van der Waals surface area contributed by atoms with Crippen LogP contribution in [0.4, 0.5) is 0 Å². The van der Waals surface area contributed by atoms with Gasteiger partial charge in [0.15, 0.2) is 9.84 Å². The van der Waals surface area contributed by atoms with Gasteiger partial charge in [-0.1, -0.05) is 41.1 Å². The monoisotopic (exact) mass is 380 g/mol. The fourth-order valence-electron chi connectivity index (χ4n) is 2.30. The first-order valence-electron chi connectivity index (χ1n) is 6.98. The number of rotatable bonds is 4. The molecule has 3 rings (SSSR count). The van der Waals surface area contributed by atoms with E-state index in [4.69, 9.17) is 16.3 Å². The molecule has 0 saturated carbocycles. The summed E-state index contributed by atoms with van der Waals surface area (Å²) in [6, 6.07) is 13.2. The van der Waals surface area contributed by atoms with E-state index in [1.165, 1.54) is 13.2 Å². The fraction of sp³-hybridized carbons (Fsp3) is 0.118. The van der Waals surface area contributed by atoms with Crippen molar-refractivity contribution in [2.45, 2.75) is 10.6 Å². The summed E-state index contributed by atoms with van der Waals surface area (Å²) in [6.45, 7) is 0. The normalized spacial score (nSPS) is 11.6. The second-order valence-corrected chi connectivity index (χ2v) is 8.60. The van der Waals surface area contributed by atoms with Gasteiger partial charge in [0.1, 0.15) is 10.6 Å². The van der Waals surface area contributed by atoms with Crippen molar-refractivity contribution in [1.29, 1.82) is 0 Å². The van der Waals surface area contributed by atoms with Gasteiger partial charge in [-0.15, -0.1) is 0 Å². The summed E-state index contributed by atoms with van der Waals surface area (Å²) in [5.74, 6) is 0.406. The number of hydrogen-bond donors (Lipinski definition) is 0. The molecule has 1 aromatic heterocycles. The summed E-state index contributed by atoms with van der Waals surface area (Å²) in [4.78, 5) is 12.1. The van der Waals surface area contributed by atoms with E-state index in [2.05, 4.69) is 0 Å². The van der Waals surface area contributed by atoms with Crippen LogP contribution in [-0.4, -0.2) is 15.5 Å². The molecule has 124 valence electrons. The van der Waals surface area contributed by atoms with E-state index in [1.807, 2.05) is 0 Å². The Morgan fingerprint density at radius 3 is 2.46 bits per heavy atom. The zero-order chi connectivity index (χ0) is 17.3. The Morgan fingerprint density at radius 1 is 1.08 bits per heavy atom. The molecule has 0 aliphatic rings. The Morgan fingerprint density at radius 2 is 1.79 bits per heavy atom. The van der Waals surface area contributed by atoms with Crippen LogP contribution in [0.1, 0.15) is 5.56 Å². The van der Waals surface area contributed by atoms with Crippen molar-refractivity contribution in [3.8, 4) is 5.75 Å². The molecule has 0 radical (unpaired) electrons. The zero-order valence-electron chi connectivity index (χ0n) is 12.7. The smallest absolute Gasteiger partial charge is 0.251 e. The summed E-state index contributed by atoms with van der Waals surface area (Å²) < 4.78 is 30.5. The van der Waals surface area contributed by atoms with Crippen molar-refractivity contribution in [2.75, 3.05) is 7.11 Å². The molecule has 7 heteroatoms. The van der Waals surface area contributed by atoms with Crippen molar-refractivity contribution in [3.63, 3.8) is 0 Å². The molecular formula is C17H13ClO4S2. The van der Waals surface area contributed by atoms with Crippen LogP contribution in [0.2, 0.25) is 5.02 Å². The highest BCUT2D eigenvalue weighted by molar-refractivity contribution is 7.90. The molecule has 0 fully saturated rings. The van der Waals surface area contributed by atoms with Gasteiger partial charge in [0, 0.05) is 9.72 Å². The maximum atomic E-state index is 12.6. The van der Waals surface area contributed by atoms with E-state index < -0.39 is 14.6 Å². The zero-order valence-corrected chi connectivity index (χ0v) is 15.0. The second-order valence-electron chi connectivity index (χ2n) is 5.19. The predicted molar refractivity (Wildman–Crippen MR) is 97.0 cm³/mol. The Bertz CT molecular complexity index is 1050. The lowest BCUT2D eigenvalue weighted by atomic mass is 10.2. The van der Waals surface area contributed by atoms with Crippen molar-refractivity contribution in [2.24, 2.45) is 0 Å². The summed E-state index contributed by atoms with van der Waals surface area (Å²) in [6.07, 6.45) is 0. The minimum atomic E-state index is -3.74. The molecule has 0 spiro atoms. The Kier molecular flexibility index (Phi) is 4.62. The molecular weight excluding hydrogens is 368 g/mol. The topological polar surface area (TPSA) is 60.4 Å². The van der Waals surface area contributed by atoms with Crippen molar-refractivity contribution < 1.29 is 13.2 Å². The van der Waals surface area contributed by atoms with Crippen LogP contribution in [0.5, 0.6) is 5.75 Å². The molecule has 0 amide bonds. The average molecular weight is 381 g/mol. The van der Waals surface area contributed by atoms with Crippen molar-refractivity contribution in [3.05, 3.63) is 68.7 Å². The molecule has 0 unspecified atom stereocenters. The van der Waals surface area contributed by atoms with Crippen LogP contribution in [0.3, 0.4) is 0 Å². The summed E-state index contributed by atoms with van der Waals surface area (Å²) in [5, 5.41) is 1.18. The van der Waals surface area contributed by atoms with Crippen molar-refractivity contribution >= 4 is 42.9 Å². The Hall–Kier alpha value is -1.89. The molecule has 0 aliphatic heterocycles. The van der Waals surface area contributed by atoms with Gasteiger partial charge in [0.25, 0.3) is 4.74 Å². The van der Waals surface area contributed by atoms with E-state index in [9.17, 15) is 13.2 Å². The van der Waals surface area contributed by atoms with Crippen LogP contribution in [0, 0.1) is 0 Å². The van der Waals surface area contributed by atoms with Crippen molar-refractivity contribution in [1.82, 2.24) is 0 Å². The highest BCUT2D eigenvalue weighted by Crippen LogP contribution is 2.25. The number of ether oxygens (including phenoxy) is 1. The standard InChI is InChI=1S/C17H13ClO4S2/c1-22-14-6-2-11(3-7-14)10-24(20,21)16-8-12-4-5-13(18)9-15(12)23-17(16)19/h2-9H,10H2,1H3. The lowest BCUT2D eigenvalue weighted by Gasteiger charge is -2.06. The summed E-state index contributed by atoms with van der Waals surface area (Å²) in [5.41, 5.74) is 0.594. The first-order valence-corrected chi connectivity index (χ1v) is 9.83. The van der Waals surface area contributed by atoms with Crippen LogP contribution < -0.4 is 9.48 Å². The molecule has 0 aliphatic carbocycles. The SMILES string of the molecule is COc1ccc(CS(=O)(=O)c2cc3ccc(Cl)cc3sc2=O)cc1. The van der Waals surface area contributed by atoms with E-state index in [0.717, 1.165) is 11.3 Å². The Balaban J connectivity index is 2.02. The first kappa shape index (κ1) is 17.0. The van der Waals surface area contributed by atoms with E-state index in [1.54, 1.807) is 42.5 Å². The molecule has 0 atom stereocenters. The third-order valence-electron chi connectivity index (χ3n) is 3.52. The van der Waals surface area contributed by atoms with Gasteiger partial charge in [-0.05, 0) is 41.3 Å². The molecule has 1 heterocycles. The number of sulfone groups is 1. The number of hydrogen-bond acceptors (Lipinski definition) is 5. The molecule has 0 saturated heterocycles. The third kappa shape index (κ3) is 3.45. The van der Waals surface area contributed by atoms with E-state index in [-0.39, 0.29) is 10.6 Å². The molecule has 24 heavy (non-hydrogen) atoms. The molecule has 0 bridgehead atoms. The van der Waals surface area contributed by atoms with Gasteiger partial charge in [0.05, 0.1) is 12.9 Å². The summed E-state index contributed by atoms with van der Waals surface area (Å²) >= 11 is 6.80. The number of fused-ring (bicyclic) bond motifs is 1. The minimum Gasteiger partial charge on any atom is -0.497 e. The largest absolute Gasteiger partial charge is 0.497 e. The third-order valence-corrected chi connectivity index (χ3v) is 6.55. The van der Waals surface area contributed by atoms with Gasteiger partial charge >= 0.3 is 0 Å². The van der Waals surface area contributed by atoms with Crippen LogP contribution >= 0.6 is 22.9 Å². The van der Waals surface area contributed by atoms with E-state index >= 15 is 0 Å². The molecule has 0 N–H and O–H groups in total. The number of halogens is 1. The maximum Gasteiger partial charge on any atom is 0.251 e. The molecule has 4 nitrogen and oxygen atoms in total. The quantitative estimate of drug-likeness (QED) is 0.688. The second kappa shape index (κ2) is 6.55. The van der Waals surface area contributed by atoms with Gasteiger partial charge < -0.3 is 4.74 Å². The average Bonchev–Trinajstić information content (AvgIpc) is 2.54. The number of methoxy groups -OCH3 is 1. The first-order chi connectivity index (χ1) is 11.4. The summed E-state index contributed by atoms with van der Waals surface area (Å²) in [7, 11) is -2.20. The molecule has 3 aromatic rings. The maximum absolute atomic E-state index is 12.6. The van der Waals surface area contributed by atoms with Gasteiger partial charge in [-0.3, -0.25) is 4.79 Å². The van der Waals surface area contributed by atoms with Gasteiger partial charge in [-0.25, -0.2) is 8.42 Å². The van der Waals surface area contributed by atoms with Crippen LogP contribution in [0.25, 0.3) is 10.1 Å². The lowest BCUT2D eigenvalue weighted by Crippen LogP contribution is -2.14. The fourth-order valence-corrected chi connectivity index (χ4v) is 5.18. The number of benzene rings is 2. The van der Waals surface area contributed by atoms with Gasteiger partial charge in [0.2, 0.25) is 0 Å². The van der Waals surface area contributed by atoms with Gasteiger partial charge in [-0.2, -0.15) is 0 Å². The van der Waals surface area contributed by atoms with Crippen LogP contribution in [0.15, 0.2) is 58.2 Å². The Labute approximate surface area is 148 Å². The minimum absolute atomic E-state index is 0.182. The lowest BCUT2D eigenvalue weighted by molar-refractivity contribution is 0.414. The molecule has 2 aromatic carbocycles. The van der Waals surface area contributed by atoms with Crippen LogP contribution in [-0.2, 0) is 15.6 Å². The highest BCUT2D eigenvalue weighted by Gasteiger charge is 2.20. The van der Waals surface area contributed by atoms with E-state index in [0.29, 0.717) is 26.4 Å². The predicted octanol–water partition coefficient (Wildman–Crippen LogP) is 3.90.